The number of fused-ring (bicyclic) bond motifs is 15. The molecule has 35 nitrogen and oxygen atoms in total. The first-order valence-corrected chi connectivity index (χ1v) is 29.9. The normalized spacial score (nSPS) is 29.2. The average Bonchev–Trinajstić information content (AvgIpc) is 0.769. The van der Waals surface area contributed by atoms with Crippen molar-refractivity contribution in [2.24, 2.45) is 17.2 Å². The van der Waals surface area contributed by atoms with Gasteiger partial charge in [-0.2, -0.15) is 0 Å². The zero-order valence-corrected chi connectivity index (χ0v) is 52.5. The molecule has 3 unspecified atom stereocenters. The summed E-state index contributed by atoms with van der Waals surface area (Å²) in [5, 5.41) is 137. The topological polar surface area (TPSA) is 590 Å². The van der Waals surface area contributed by atoms with Gasteiger partial charge in [0.2, 0.25) is 47.5 Å². The minimum Gasteiger partial charge on any atom is -0.508 e. The van der Waals surface area contributed by atoms with E-state index < -0.39 is 219 Å². The van der Waals surface area contributed by atoms with Crippen LogP contribution in [0.1, 0.15) is 84.8 Å². The standard InChI is InChI=1S/C59H62Cl2N8O23.2CH2O2/c1-19-51(79)59(2,64)17-38(87-19)91-50-48(78)47(77)36(18-70)90-58(50)92-49-34-12-23-13-35(49)89-33-8-5-22(11-28(33)61)46(76)44-56(84)68-43(57(85)86)26-14-24(71)15-31(73)39(26)25-9-20(3-6-30(25)72)41(54(82)69-44)67-55(83)42(23)66-52(80)29(16-37(62)74)65-53(81)40(63)45(75)21-4-7-32(88-34)27(60)10-21;2*2-1-3/h3-15,19,29,36,38,40-48,50-51,58,70-73,75-79H,16-18,63-64H2,1-2H3,(H2,62,74)(H,65,81)(H,66,80)(H,67,83)(H,68,84)(H,69,82)(H,85,86);2*1H,(H,2,3)/t19?,29-,36?,38-,40+,41+,42+,43+,44-,45+,46+,47+,48-,50?,51+,58-,59+;;/m0../s1. The number of benzene rings is 5. The maximum absolute atomic E-state index is 15.8. The van der Waals surface area contributed by atoms with Crippen LogP contribution in [0.5, 0.6) is 46.0 Å². The van der Waals surface area contributed by atoms with Crippen LogP contribution >= 0.6 is 23.2 Å². The Hall–Kier alpha value is -9.73. The molecule has 11 bridgehead atoms. The van der Waals surface area contributed by atoms with Gasteiger partial charge in [-0.05, 0) is 90.7 Å². The number of aliphatic hydroxyl groups excluding tert-OH is 6. The highest BCUT2D eigenvalue weighted by Crippen LogP contribution is 2.50. The minimum atomic E-state index is -2.28. The van der Waals surface area contributed by atoms with Gasteiger partial charge in [0.25, 0.3) is 12.9 Å². The fourth-order valence-electron chi connectivity index (χ4n) is 11.3. The van der Waals surface area contributed by atoms with Crippen molar-refractivity contribution in [1.29, 1.82) is 0 Å². The van der Waals surface area contributed by atoms with E-state index in [1.807, 2.05) is 0 Å². The highest BCUT2D eigenvalue weighted by molar-refractivity contribution is 6.32. The Kier molecular flexibility index (Phi) is 23.3. The predicted molar refractivity (Wildman–Crippen MR) is 330 cm³/mol. The van der Waals surface area contributed by atoms with Crippen LogP contribution in [0.25, 0.3) is 11.1 Å². The molecule has 5 aromatic carbocycles. The summed E-state index contributed by atoms with van der Waals surface area (Å²) in [6, 6.07) is 0.765. The molecular formula is C61H66Cl2N8O27. The molecule has 0 spiro atoms. The molecule has 23 N–H and O–H groups in total. The molecule has 6 amide bonds. The Bertz CT molecular complexity index is 3900. The first-order chi connectivity index (χ1) is 46.2. The van der Waals surface area contributed by atoms with Crippen LogP contribution in [0, 0.1) is 0 Å². The Labute approximate surface area is 562 Å². The lowest BCUT2D eigenvalue weighted by molar-refractivity contribution is -0.333. The van der Waals surface area contributed by atoms with Crippen LogP contribution in [0.15, 0.2) is 78.9 Å². The van der Waals surface area contributed by atoms with E-state index >= 15 is 9.59 Å². The van der Waals surface area contributed by atoms with E-state index in [4.69, 9.17) is 88.6 Å². The maximum atomic E-state index is 15.8. The largest absolute Gasteiger partial charge is 0.508 e. The minimum absolute atomic E-state index is 0.0953. The third kappa shape index (κ3) is 16.0. The molecule has 12 rings (SSSR count). The first-order valence-electron chi connectivity index (χ1n) is 29.2. The van der Waals surface area contributed by atoms with Crippen LogP contribution in [0.4, 0.5) is 0 Å². The summed E-state index contributed by atoms with van der Waals surface area (Å²) >= 11 is 13.9. The number of aromatic hydroxyl groups is 3. The van der Waals surface area contributed by atoms with Gasteiger partial charge in [0.15, 0.2) is 29.9 Å². The lowest BCUT2D eigenvalue weighted by Gasteiger charge is -2.47. The number of hydrogen-bond acceptors (Lipinski definition) is 26. The number of amides is 6. The molecule has 2 saturated heterocycles. The zero-order valence-electron chi connectivity index (χ0n) is 51.0. The van der Waals surface area contributed by atoms with Crippen LogP contribution in [-0.2, 0) is 57.4 Å². The van der Waals surface area contributed by atoms with Gasteiger partial charge in [-0.1, -0.05) is 41.4 Å². The Morgan fingerprint density at radius 1 is 0.684 bits per heavy atom. The van der Waals surface area contributed by atoms with Gasteiger partial charge >= 0.3 is 5.97 Å². The first kappa shape index (κ1) is 74.1. The Morgan fingerprint density at radius 3 is 1.81 bits per heavy atom. The molecule has 37 heteroatoms. The predicted octanol–water partition coefficient (Wildman–Crippen LogP) is -1.28. The third-order valence-electron chi connectivity index (χ3n) is 16.1. The lowest BCUT2D eigenvalue weighted by Crippen LogP contribution is -2.64. The van der Waals surface area contributed by atoms with Gasteiger partial charge in [0, 0.05) is 34.7 Å². The summed E-state index contributed by atoms with van der Waals surface area (Å²) < 4.78 is 38.0. The molecule has 2 fully saturated rings. The molecule has 7 heterocycles. The lowest BCUT2D eigenvalue weighted by atomic mass is 9.86. The zero-order chi connectivity index (χ0) is 72.1. The van der Waals surface area contributed by atoms with Crippen molar-refractivity contribution in [3.63, 3.8) is 0 Å². The van der Waals surface area contributed by atoms with Gasteiger partial charge in [-0.15, -0.1) is 0 Å². The summed E-state index contributed by atoms with van der Waals surface area (Å²) in [5.41, 5.74) is 14.3. The maximum Gasteiger partial charge on any atom is 0.330 e. The number of nitrogens with two attached hydrogens (primary N) is 3. The number of nitrogens with one attached hydrogen (secondary N) is 5. The number of rotatable bonds is 8. The third-order valence-corrected chi connectivity index (χ3v) is 16.7. The summed E-state index contributed by atoms with van der Waals surface area (Å²) in [6.07, 6.45) is -18.3. The summed E-state index contributed by atoms with van der Waals surface area (Å²) in [5.74, 6) is -14.7. The number of phenols is 3. The van der Waals surface area contributed by atoms with Gasteiger partial charge in [-0.3, -0.25) is 38.4 Å². The van der Waals surface area contributed by atoms with Gasteiger partial charge in [0.1, 0.15) is 89.5 Å². The van der Waals surface area contributed by atoms with E-state index in [9.17, 15) is 75.0 Å². The molecule has 17 atom stereocenters. The highest BCUT2D eigenvalue weighted by Gasteiger charge is 2.51. The number of ether oxygens (including phenoxy) is 6. The second kappa shape index (κ2) is 30.8. The average molecular weight is 1410 g/mol. The molecule has 7 aliphatic heterocycles. The Balaban J connectivity index is 0.00000197. The van der Waals surface area contributed by atoms with E-state index in [1.165, 1.54) is 26.0 Å². The van der Waals surface area contributed by atoms with E-state index in [0.717, 1.165) is 66.7 Å². The van der Waals surface area contributed by atoms with Crippen molar-refractivity contribution in [2.75, 3.05) is 6.61 Å². The number of carboxylic acid groups (broad SMARTS) is 3. The second-order valence-corrected chi connectivity index (χ2v) is 23.8. The van der Waals surface area contributed by atoms with Crippen LogP contribution in [0.2, 0.25) is 10.0 Å². The van der Waals surface area contributed by atoms with Crippen molar-refractivity contribution >= 4 is 77.6 Å². The quantitative estimate of drug-likeness (QED) is 0.0804. The fraction of sp³-hybridized carbons (Fsp3) is 0.361. The monoisotopic (exact) mass is 1410 g/mol. The smallest absolute Gasteiger partial charge is 0.330 e. The van der Waals surface area contributed by atoms with Crippen molar-refractivity contribution < 1.29 is 133 Å². The molecule has 0 aliphatic carbocycles. The fourth-order valence-corrected chi connectivity index (χ4v) is 11.7. The number of aliphatic carboxylic acids is 1. The van der Waals surface area contributed by atoms with Crippen LogP contribution in [0.3, 0.4) is 0 Å². The summed E-state index contributed by atoms with van der Waals surface area (Å²) in [6.45, 7) is 1.55. The molecule has 98 heavy (non-hydrogen) atoms. The van der Waals surface area contributed by atoms with E-state index in [1.54, 1.807) is 0 Å². The number of phenolic OH excluding ortho intramolecular Hbond substituents is 3. The number of carboxylic acids is 1. The molecule has 0 aromatic heterocycles. The number of carbonyl (C=O) groups is 9. The molecule has 7 aliphatic rings. The summed E-state index contributed by atoms with van der Waals surface area (Å²) in [4.78, 5) is 117. The second-order valence-electron chi connectivity index (χ2n) is 23.0. The molecule has 526 valence electrons. The SMILES string of the molecule is CC1O[C@@H](OC2[C@H](Oc3c4cc5cc3Oc3ccc(cc3Cl)[C@@H](O)[C@@H](N)C(=O)N[C@@H](CC(N)=O)C(=O)N[C@H]5C(=O)N[C@H]3C(=O)N[C@H](C(=O)N[C@@H](C(=O)O)c5cc(O)cc(O)c5-c5cc3ccc5O)[C@H](O)c3ccc(c(Cl)c3)O4)OC(CO)[C@@H](O)[C@@H]2O)C[C@@](C)(N)[C@@H]1O.O=CO.O=CO. The van der Waals surface area contributed by atoms with E-state index in [0.29, 0.717) is 0 Å². The van der Waals surface area contributed by atoms with Gasteiger partial charge in [0.05, 0.1) is 35.3 Å². The molecule has 0 radical (unpaired) electrons. The van der Waals surface area contributed by atoms with E-state index in [-0.39, 0.29) is 52.6 Å². The van der Waals surface area contributed by atoms with E-state index in [2.05, 4.69) is 26.6 Å². The summed E-state index contributed by atoms with van der Waals surface area (Å²) in [7, 11) is 0. The van der Waals surface area contributed by atoms with Gasteiger partial charge in [-0.25, -0.2) is 4.79 Å². The highest BCUT2D eigenvalue weighted by atomic mass is 35.5. The van der Waals surface area contributed by atoms with Crippen molar-refractivity contribution in [3.05, 3.63) is 117 Å². The molecule has 0 saturated carbocycles. The molecule has 5 aromatic rings. The van der Waals surface area contributed by atoms with Crippen molar-refractivity contribution in [2.45, 2.75) is 130 Å². The number of halogens is 2. The van der Waals surface area contributed by atoms with Crippen molar-refractivity contribution in [3.8, 4) is 57.1 Å². The van der Waals surface area contributed by atoms with Crippen molar-refractivity contribution in [1.82, 2.24) is 26.6 Å². The number of hydrogen-bond donors (Lipinski definition) is 20. The van der Waals surface area contributed by atoms with Crippen LogP contribution < -0.4 is 58.0 Å². The van der Waals surface area contributed by atoms with Gasteiger partial charge < -0.3 is 133 Å². The Morgan fingerprint density at radius 2 is 1.24 bits per heavy atom. The number of aliphatic hydroxyl groups is 6. The number of primary amides is 1. The number of carbonyl (C=O) groups excluding carboxylic acids is 6. The van der Waals surface area contributed by atoms with Crippen LogP contribution in [-0.4, -0.2) is 195 Å². The molecular weight excluding hydrogens is 1350 g/mol.